The third kappa shape index (κ3) is 3.70. The quantitative estimate of drug-likeness (QED) is 0.872. The molecule has 0 aliphatic carbocycles. The summed E-state index contributed by atoms with van der Waals surface area (Å²) in [6, 6.07) is 5.81. The van der Waals surface area contributed by atoms with E-state index in [1.165, 1.54) is 12.0 Å². The van der Waals surface area contributed by atoms with Gasteiger partial charge in [-0.15, -0.1) is 0 Å². The average molecular weight is 358 g/mol. The zero-order chi connectivity index (χ0) is 18.7. The van der Waals surface area contributed by atoms with Crippen LogP contribution in [-0.4, -0.2) is 53.5 Å². The van der Waals surface area contributed by atoms with Crippen LogP contribution in [0.15, 0.2) is 18.2 Å². The normalized spacial score (nSPS) is 20.6. The summed E-state index contributed by atoms with van der Waals surface area (Å²) < 4.78 is 0. The maximum atomic E-state index is 12.6. The minimum atomic E-state index is -0.586. The monoisotopic (exact) mass is 358 g/mol. The van der Waals surface area contributed by atoms with E-state index in [0.29, 0.717) is 25.9 Å². The van der Waals surface area contributed by atoms with Crippen molar-refractivity contribution in [2.24, 2.45) is 5.73 Å². The molecule has 6 nitrogen and oxygen atoms in total. The highest BCUT2D eigenvalue weighted by molar-refractivity contribution is 5.90. The van der Waals surface area contributed by atoms with Crippen molar-refractivity contribution in [3.8, 4) is 0 Å². The van der Waals surface area contributed by atoms with Crippen LogP contribution in [0.2, 0.25) is 0 Å². The predicted octanol–water partition coefficient (Wildman–Crippen LogP) is 2.64. The molecule has 2 aliphatic heterocycles. The molecule has 0 atom stereocenters. The molecule has 0 saturated carbocycles. The van der Waals surface area contributed by atoms with Crippen LogP contribution in [0, 0.1) is 13.8 Å². The summed E-state index contributed by atoms with van der Waals surface area (Å²) in [6.07, 6.45) is 4.68. The molecule has 0 unspecified atom stereocenters. The largest absolute Gasteiger partial charge is 0.368 e. The molecule has 1 aromatic rings. The molecule has 1 aromatic carbocycles. The smallest absolute Gasteiger partial charge is 0.321 e. The van der Waals surface area contributed by atoms with Gasteiger partial charge < -0.3 is 16.0 Å². The van der Waals surface area contributed by atoms with Gasteiger partial charge in [0.15, 0.2) is 0 Å². The van der Waals surface area contributed by atoms with E-state index in [-0.39, 0.29) is 11.9 Å². The molecule has 2 saturated heterocycles. The van der Waals surface area contributed by atoms with Crippen LogP contribution in [0.3, 0.4) is 0 Å². The number of amides is 3. The Kier molecular flexibility index (Phi) is 5.51. The molecule has 0 radical (unpaired) electrons. The van der Waals surface area contributed by atoms with Crippen molar-refractivity contribution in [3.63, 3.8) is 0 Å². The van der Waals surface area contributed by atoms with Crippen molar-refractivity contribution >= 4 is 17.6 Å². The summed E-state index contributed by atoms with van der Waals surface area (Å²) in [5.41, 5.74) is 8.38. The summed E-state index contributed by atoms with van der Waals surface area (Å²) in [6.45, 7) is 7.04. The van der Waals surface area contributed by atoms with Gasteiger partial charge in [0.05, 0.1) is 0 Å². The number of piperidine rings is 2. The average Bonchev–Trinajstić information content (AvgIpc) is 2.65. The Bertz CT molecular complexity index is 674. The first-order valence-electron chi connectivity index (χ1n) is 9.60. The first kappa shape index (κ1) is 18.7. The lowest BCUT2D eigenvalue weighted by molar-refractivity contribution is -0.134. The minimum absolute atomic E-state index is 0.107. The van der Waals surface area contributed by atoms with Crippen molar-refractivity contribution in [1.29, 1.82) is 0 Å². The fraction of sp³-hybridized carbons (Fsp3) is 0.600. The van der Waals surface area contributed by atoms with Gasteiger partial charge in [-0.3, -0.25) is 9.69 Å². The number of nitrogens with zero attached hydrogens (tertiary/aromatic N) is 2. The highest BCUT2D eigenvalue weighted by Gasteiger charge is 2.45. The van der Waals surface area contributed by atoms with Crippen LogP contribution in [0.5, 0.6) is 0 Å². The molecule has 6 heteroatoms. The van der Waals surface area contributed by atoms with E-state index in [0.717, 1.165) is 37.2 Å². The van der Waals surface area contributed by atoms with Gasteiger partial charge in [-0.25, -0.2) is 4.79 Å². The van der Waals surface area contributed by atoms with Gasteiger partial charge in [-0.05, 0) is 75.9 Å². The number of primary amides is 1. The van der Waals surface area contributed by atoms with Crippen molar-refractivity contribution in [2.75, 3.05) is 31.5 Å². The van der Waals surface area contributed by atoms with E-state index < -0.39 is 5.54 Å². The SMILES string of the molecule is Cc1ccc(NC(=O)N2CCC(C(N)=O)(N3CCCCC3)CC2)cc1C. The van der Waals surface area contributed by atoms with Crippen LogP contribution in [0.1, 0.15) is 43.2 Å². The molecule has 0 spiro atoms. The lowest BCUT2D eigenvalue weighted by Crippen LogP contribution is -2.64. The van der Waals surface area contributed by atoms with Crippen LogP contribution in [0.4, 0.5) is 10.5 Å². The van der Waals surface area contributed by atoms with E-state index in [2.05, 4.69) is 17.1 Å². The molecule has 0 bridgehead atoms. The van der Waals surface area contributed by atoms with Crippen LogP contribution < -0.4 is 11.1 Å². The Morgan fingerprint density at radius 3 is 2.23 bits per heavy atom. The second-order valence-electron chi connectivity index (χ2n) is 7.66. The zero-order valence-electron chi connectivity index (χ0n) is 15.9. The van der Waals surface area contributed by atoms with Crippen LogP contribution >= 0.6 is 0 Å². The fourth-order valence-electron chi connectivity index (χ4n) is 4.14. The number of benzene rings is 1. The Morgan fingerprint density at radius 2 is 1.65 bits per heavy atom. The molecule has 0 aromatic heterocycles. The van der Waals surface area contributed by atoms with Crippen molar-refractivity contribution in [3.05, 3.63) is 29.3 Å². The highest BCUT2D eigenvalue weighted by Crippen LogP contribution is 2.31. The van der Waals surface area contributed by atoms with Crippen molar-refractivity contribution in [1.82, 2.24) is 9.80 Å². The topological polar surface area (TPSA) is 78.7 Å². The fourth-order valence-corrected chi connectivity index (χ4v) is 4.14. The van der Waals surface area contributed by atoms with E-state index in [4.69, 9.17) is 5.73 Å². The Hall–Kier alpha value is -2.08. The van der Waals surface area contributed by atoms with E-state index in [1.807, 2.05) is 25.1 Å². The maximum absolute atomic E-state index is 12.6. The summed E-state index contributed by atoms with van der Waals surface area (Å²) in [5.74, 6) is -0.242. The lowest BCUT2D eigenvalue weighted by Gasteiger charge is -2.48. The number of urea groups is 1. The van der Waals surface area contributed by atoms with Crippen molar-refractivity contribution < 1.29 is 9.59 Å². The molecular formula is C20H30N4O2. The number of rotatable bonds is 3. The standard InChI is InChI=1S/C20H30N4O2/c1-15-6-7-17(14-16(15)2)22-19(26)23-12-8-20(9-13-23,18(21)25)24-10-4-3-5-11-24/h6-7,14H,3-5,8-13H2,1-2H3,(H2,21,25)(H,22,26). The number of hydrogen-bond donors (Lipinski definition) is 2. The van der Waals surface area contributed by atoms with Gasteiger partial charge in [0.1, 0.15) is 5.54 Å². The van der Waals surface area contributed by atoms with E-state index in [1.54, 1.807) is 4.90 Å². The Balaban J connectivity index is 1.63. The van der Waals surface area contributed by atoms with Crippen LogP contribution in [0.25, 0.3) is 0 Å². The molecule has 2 fully saturated rings. The molecular weight excluding hydrogens is 328 g/mol. The summed E-state index contributed by atoms with van der Waals surface area (Å²) in [5, 5.41) is 2.97. The molecule has 3 N–H and O–H groups in total. The summed E-state index contributed by atoms with van der Waals surface area (Å²) >= 11 is 0. The first-order valence-corrected chi connectivity index (χ1v) is 9.60. The number of likely N-dealkylation sites (tertiary alicyclic amines) is 2. The predicted molar refractivity (Wildman–Crippen MR) is 103 cm³/mol. The van der Waals surface area contributed by atoms with Crippen LogP contribution in [-0.2, 0) is 4.79 Å². The van der Waals surface area contributed by atoms with Gasteiger partial charge >= 0.3 is 6.03 Å². The van der Waals surface area contributed by atoms with Gasteiger partial charge in [-0.2, -0.15) is 0 Å². The molecule has 2 heterocycles. The highest BCUT2D eigenvalue weighted by atomic mass is 16.2. The van der Waals surface area contributed by atoms with Gasteiger partial charge in [0, 0.05) is 18.8 Å². The maximum Gasteiger partial charge on any atom is 0.321 e. The first-order chi connectivity index (χ1) is 12.4. The molecule has 26 heavy (non-hydrogen) atoms. The van der Waals surface area contributed by atoms with Gasteiger partial charge in [-0.1, -0.05) is 12.5 Å². The second kappa shape index (κ2) is 7.66. The summed E-state index contributed by atoms with van der Waals surface area (Å²) in [7, 11) is 0. The minimum Gasteiger partial charge on any atom is -0.368 e. The molecule has 142 valence electrons. The van der Waals surface area contributed by atoms with Gasteiger partial charge in [0.25, 0.3) is 0 Å². The number of nitrogens with two attached hydrogens (primary N) is 1. The second-order valence-corrected chi connectivity index (χ2v) is 7.66. The number of aryl methyl sites for hydroxylation is 2. The Morgan fingerprint density at radius 1 is 1.00 bits per heavy atom. The lowest BCUT2D eigenvalue weighted by atomic mass is 9.83. The third-order valence-electron chi connectivity index (χ3n) is 6.06. The number of anilines is 1. The van der Waals surface area contributed by atoms with Gasteiger partial charge in [0.2, 0.25) is 5.91 Å². The summed E-state index contributed by atoms with van der Waals surface area (Å²) in [4.78, 5) is 28.9. The van der Waals surface area contributed by atoms with E-state index in [9.17, 15) is 9.59 Å². The third-order valence-corrected chi connectivity index (χ3v) is 6.06. The van der Waals surface area contributed by atoms with Crippen molar-refractivity contribution in [2.45, 2.75) is 51.5 Å². The molecule has 3 amide bonds. The number of carbonyl (C=O) groups excluding carboxylic acids is 2. The number of nitrogens with one attached hydrogen (secondary N) is 1. The molecule has 2 aliphatic rings. The zero-order valence-corrected chi connectivity index (χ0v) is 15.9. The van der Waals surface area contributed by atoms with E-state index >= 15 is 0 Å². The number of carbonyl (C=O) groups is 2. The number of hydrogen-bond acceptors (Lipinski definition) is 3. The Labute approximate surface area is 155 Å². The molecule has 3 rings (SSSR count).